The summed E-state index contributed by atoms with van der Waals surface area (Å²) in [4.78, 5) is 10.3. The number of nitro groups is 1. The molecule has 1 aliphatic heterocycles. The molecule has 1 aliphatic rings. The average Bonchev–Trinajstić information content (AvgIpc) is 2.55. The van der Waals surface area contributed by atoms with E-state index in [9.17, 15) is 10.1 Å². The minimum Gasteiger partial charge on any atom is -0.492 e. The Hall–Kier alpha value is -2.40. The summed E-state index contributed by atoms with van der Waals surface area (Å²) in [6.45, 7) is 2.69. The van der Waals surface area contributed by atoms with Crippen LogP contribution in [0.15, 0.2) is 48.5 Å². The van der Waals surface area contributed by atoms with Gasteiger partial charge in [-0.15, -0.1) is 0 Å². The molecule has 3 rings (SSSR count). The molecule has 1 heterocycles. The molecule has 22 heavy (non-hydrogen) atoms. The molecule has 0 saturated heterocycles. The highest BCUT2D eigenvalue weighted by molar-refractivity contribution is 5.36. The molecule has 0 amide bonds. The lowest BCUT2D eigenvalue weighted by atomic mass is 10.0. The first-order valence-electron chi connectivity index (χ1n) is 7.34. The van der Waals surface area contributed by atoms with E-state index < -0.39 is 0 Å². The van der Waals surface area contributed by atoms with Gasteiger partial charge in [0.1, 0.15) is 12.4 Å². The van der Waals surface area contributed by atoms with E-state index in [1.165, 1.54) is 5.56 Å². The van der Waals surface area contributed by atoms with E-state index >= 15 is 0 Å². The molecule has 2 atom stereocenters. The van der Waals surface area contributed by atoms with Crippen molar-refractivity contribution in [2.45, 2.75) is 25.4 Å². The molecule has 0 fully saturated rings. The number of nitrogens with zero attached hydrogens (tertiary/aromatic N) is 1. The lowest BCUT2D eigenvalue weighted by Crippen LogP contribution is -2.40. The maximum atomic E-state index is 10.7. The molecule has 5 nitrogen and oxygen atoms in total. The van der Waals surface area contributed by atoms with Crippen LogP contribution in [0.3, 0.4) is 0 Å². The summed E-state index contributed by atoms with van der Waals surface area (Å²) < 4.78 is 5.77. The topological polar surface area (TPSA) is 64.4 Å². The van der Waals surface area contributed by atoms with Gasteiger partial charge in [-0.25, -0.2) is 0 Å². The quantitative estimate of drug-likeness (QED) is 0.695. The first-order chi connectivity index (χ1) is 10.6. The number of rotatable bonds is 4. The van der Waals surface area contributed by atoms with E-state index in [4.69, 9.17) is 4.74 Å². The second-order valence-corrected chi connectivity index (χ2v) is 5.56. The molecule has 5 heteroatoms. The predicted molar refractivity (Wildman–Crippen MR) is 84.1 cm³/mol. The second-order valence-electron chi connectivity index (χ2n) is 5.56. The zero-order valence-corrected chi connectivity index (χ0v) is 12.4. The van der Waals surface area contributed by atoms with Crippen molar-refractivity contribution >= 4 is 5.69 Å². The van der Waals surface area contributed by atoms with Crippen LogP contribution in [0.25, 0.3) is 0 Å². The number of nitro benzene ring substituents is 1. The van der Waals surface area contributed by atoms with Crippen molar-refractivity contribution in [2.75, 3.05) is 6.61 Å². The van der Waals surface area contributed by atoms with E-state index in [-0.39, 0.29) is 22.7 Å². The van der Waals surface area contributed by atoms with Crippen molar-refractivity contribution < 1.29 is 9.66 Å². The van der Waals surface area contributed by atoms with Gasteiger partial charge < -0.3 is 10.1 Å². The van der Waals surface area contributed by atoms with Crippen molar-refractivity contribution in [3.63, 3.8) is 0 Å². The number of non-ortho nitro benzene ring substituents is 1. The average molecular weight is 298 g/mol. The molecule has 114 valence electrons. The van der Waals surface area contributed by atoms with Crippen LogP contribution in [0.1, 0.15) is 24.1 Å². The Morgan fingerprint density at radius 1 is 1.23 bits per heavy atom. The Morgan fingerprint density at radius 2 is 1.95 bits per heavy atom. The summed E-state index contributed by atoms with van der Waals surface area (Å²) >= 11 is 0. The van der Waals surface area contributed by atoms with Gasteiger partial charge in [0.2, 0.25) is 0 Å². The first-order valence-corrected chi connectivity index (χ1v) is 7.34. The van der Waals surface area contributed by atoms with Crippen LogP contribution in [0, 0.1) is 10.1 Å². The molecule has 0 aromatic heterocycles. The molecule has 0 spiro atoms. The predicted octanol–water partition coefficient (Wildman–Crippen LogP) is 3.25. The lowest BCUT2D eigenvalue weighted by molar-refractivity contribution is -0.384. The number of para-hydroxylation sites is 1. The second kappa shape index (κ2) is 6.15. The van der Waals surface area contributed by atoms with Crippen LogP contribution in [-0.4, -0.2) is 17.6 Å². The molecule has 2 aromatic carbocycles. The highest BCUT2D eigenvalue weighted by Gasteiger charge is 2.21. The van der Waals surface area contributed by atoms with Gasteiger partial charge in [0, 0.05) is 24.2 Å². The van der Waals surface area contributed by atoms with Crippen LogP contribution >= 0.6 is 0 Å². The molecular weight excluding hydrogens is 280 g/mol. The Morgan fingerprint density at radius 3 is 2.68 bits per heavy atom. The van der Waals surface area contributed by atoms with E-state index in [0.717, 1.165) is 17.7 Å². The number of hydrogen-bond donors (Lipinski definition) is 1. The largest absolute Gasteiger partial charge is 0.492 e. The van der Waals surface area contributed by atoms with E-state index in [1.807, 2.05) is 18.2 Å². The van der Waals surface area contributed by atoms with Crippen molar-refractivity contribution in [1.29, 1.82) is 0 Å². The minimum absolute atomic E-state index is 0.111. The number of fused-ring (bicyclic) bond motifs is 1. The Balaban J connectivity index is 1.65. The SMILES string of the molecule is CC(NC1COc2ccccc2C1)c1ccc([N+](=O)[O-])cc1. The van der Waals surface area contributed by atoms with Gasteiger partial charge in [-0.05, 0) is 30.5 Å². The van der Waals surface area contributed by atoms with Crippen LogP contribution in [0.5, 0.6) is 5.75 Å². The number of hydrogen-bond acceptors (Lipinski definition) is 4. The highest BCUT2D eigenvalue weighted by atomic mass is 16.6. The molecule has 0 radical (unpaired) electrons. The van der Waals surface area contributed by atoms with Crippen molar-refractivity contribution in [3.05, 3.63) is 69.8 Å². The third-order valence-corrected chi connectivity index (χ3v) is 3.97. The van der Waals surface area contributed by atoms with Crippen LogP contribution < -0.4 is 10.1 Å². The van der Waals surface area contributed by atoms with Gasteiger partial charge in [-0.1, -0.05) is 30.3 Å². The molecule has 0 bridgehead atoms. The molecule has 2 aromatic rings. The Bertz CT molecular complexity index is 670. The van der Waals surface area contributed by atoms with E-state index in [2.05, 4.69) is 18.3 Å². The maximum absolute atomic E-state index is 10.7. The fraction of sp³-hybridized carbons (Fsp3) is 0.294. The van der Waals surface area contributed by atoms with Crippen LogP contribution in [0.4, 0.5) is 5.69 Å². The smallest absolute Gasteiger partial charge is 0.269 e. The maximum Gasteiger partial charge on any atom is 0.269 e. The van der Waals surface area contributed by atoms with Crippen molar-refractivity contribution in [3.8, 4) is 5.75 Å². The lowest BCUT2D eigenvalue weighted by Gasteiger charge is -2.28. The Labute approximate surface area is 129 Å². The molecule has 1 N–H and O–H groups in total. The summed E-state index contributed by atoms with van der Waals surface area (Å²) in [6.07, 6.45) is 0.924. The number of nitrogens with one attached hydrogen (secondary N) is 1. The summed E-state index contributed by atoms with van der Waals surface area (Å²) in [5.41, 5.74) is 2.36. The van der Waals surface area contributed by atoms with E-state index in [0.29, 0.717) is 6.61 Å². The van der Waals surface area contributed by atoms with Crippen LogP contribution in [0.2, 0.25) is 0 Å². The molecule has 0 saturated carbocycles. The first kappa shape index (κ1) is 14.5. The summed E-state index contributed by atoms with van der Waals surface area (Å²) in [5, 5.41) is 14.2. The normalized spacial score (nSPS) is 18.1. The number of benzene rings is 2. The van der Waals surface area contributed by atoms with Gasteiger partial charge in [0.15, 0.2) is 0 Å². The zero-order chi connectivity index (χ0) is 15.5. The third-order valence-electron chi connectivity index (χ3n) is 3.97. The van der Waals surface area contributed by atoms with Gasteiger partial charge in [-0.3, -0.25) is 10.1 Å². The third kappa shape index (κ3) is 3.09. The van der Waals surface area contributed by atoms with Gasteiger partial charge in [0.25, 0.3) is 5.69 Å². The summed E-state index contributed by atoms with van der Waals surface area (Å²) in [5.74, 6) is 0.962. The number of ether oxygens (including phenoxy) is 1. The fourth-order valence-corrected chi connectivity index (χ4v) is 2.77. The van der Waals surface area contributed by atoms with E-state index in [1.54, 1.807) is 24.3 Å². The van der Waals surface area contributed by atoms with Crippen molar-refractivity contribution in [1.82, 2.24) is 5.32 Å². The van der Waals surface area contributed by atoms with Gasteiger partial charge >= 0.3 is 0 Å². The standard InChI is InChI=1S/C17H18N2O3/c1-12(13-6-8-16(9-7-13)19(20)21)18-15-10-14-4-2-3-5-17(14)22-11-15/h2-9,12,15,18H,10-11H2,1H3. The highest BCUT2D eigenvalue weighted by Crippen LogP contribution is 2.25. The zero-order valence-electron chi connectivity index (χ0n) is 12.4. The monoisotopic (exact) mass is 298 g/mol. The fourth-order valence-electron chi connectivity index (χ4n) is 2.77. The summed E-state index contributed by atoms with van der Waals surface area (Å²) in [6, 6.07) is 15.1. The van der Waals surface area contributed by atoms with Gasteiger partial charge in [0.05, 0.1) is 4.92 Å². The minimum atomic E-state index is -0.381. The molecular formula is C17H18N2O3. The van der Waals surface area contributed by atoms with Crippen molar-refractivity contribution in [2.24, 2.45) is 0 Å². The molecule has 2 unspecified atom stereocenters. The summed E-state index contributed by atoms with van der Waals surface area (Å²) in [7, 11) is 0. The Kier molecular flexibility index (Phi) is 4.06. The van der Waals surface area contributed by atoms with Crippen LogP contribution in [-0.2, 0) is 6.42 Å². The van der Waals surface area contributed by atoms with Gasteiger partial charge in [-0.2, -0.15) is 0 Å². The molecule has 0 aliphatic carbocycles.